The van der Waals surface area contributed by atoms with E-state index in [0.29, 0.717) is 5.95 Å². The van der Waals surface area contributed by atoms with Gasteiger partial charge in [-0.15, -0.1) is 5.10 Å². The van der Waals surface area contributed by atoms with Crippen molar-refractivity contribution < 1.29 is 4.74 Å². The highest BCUT2D eigenvalue weighted by Gasteiger charge is 2.14. The van der Waals surface area contributed by atoms with Gasteiger partial charge >= 0.3 is 0 Å². The van der Waals surface area contributed by atoms with Gasteiger partial charge in [0.2, 0.25) is 5.95 Å². The number of halogens is 1. The zero-order valence-electron chi connectivity index (χ0n) is 9.97. The van der Waals surface area contributed by atoms with Gasteiger partial charge in [0.05, 0.1) is 6.10 Å². The lowest BCUT2D eigenvalue weighted by molar-refractivity contribution is 0.0247. The first-order valence-electron chi connectivity index (χ1n) is 6.19. The van der Waals surface area contributed by atoms with Gasteiger partial charge in [0.15, 0.2) is 5.65 Å². The number of nitrogens with one attached hydrogen (secondary N) is 1. The Hall–Kier alpha value is -1.14. The van der Waals surface area contributed by atoms with Crippen molar-refractivity contribution in [3.05, 3.63) is 22.8 Å². The van der Waals surface area contributed by atoms with Crippen LogP contribution in [0.25, 0.3) is 5.65 Å². The Morgan fingerprint density at radius 2 is 2.39 bits per heavy atom. The van der Waals surface area contributed by atoms with E-state index >= 15 is 0 Å². The Kier molecular flexibility index (Phi) is 3.47. The van der Waals surface area contributed by atoms with E-state index in [0.717, 1.165) is 29.7 Å². The highest BCUT2D eigenvalue weighted by molar-refractivity contribution is 9.10. The van der Waals surface area contributed by atoms with E-state index in [2.05, 4.69) is 31.3 Å². The summed E-state index contributed by atoms with van der Waals surface area (Å²) in [5, 5.41) is 7.61. The van der Waals surface area contributed by atoms with E-state index in [1.54, 1.807) is 4.52 Å². The highest BCUT2D eigenvalue weighted by atomic mass is 79.9. The summed E-state index contributed by atoms with van der Waals surface area (Å²) in [6.45, 7) is 1.65. The lowest BCUT2D eigenvalue weighted by atomic mass is 10.1. The van der Waals surface area contributed by atoms with Gasteiger partial charge in [-0.25, -0.2) is 4.52 Å². The number of hydrogen-bond donors (Lipinski definition) is 1. The van der Waals surface area contributed by atoms with Crippen LogP contribution in [-0.4, -0.2) is 33.9 Å². The number of fused-ring (bicyclic) bond motifs is 1. The van der Waals surface area contributed by atoms with Gasteiger partial charge in [-0.2, -0.15) is 4.98 Å². The molecule has 0 aliphatic carbocycles. The molecule has 0 aromatic carbocycles. The van der Waals surface area contributed by atoms with Crippen LogP contribution in [0.4, 0.5) is 5.95 Å². The first-order chi connectivity index (χ1) is 8.81. The molecule has 0 amide bonds. The van der Waals surface area contributed by atoms with Crippen LogP contribution in [0.15, 0.2) is 22.8 Å². The SMILES string of the molecule is Brc1ccc2nc(NCC3CCCCO3)nn2c1. The van der Waals surface area contributed by atoms with Crippen molar-refractivity contribution in [2.24, 2.45) is 0 Å². The zero-order valence-corrected chi connectivity index (χ0v) is 11.6. The van der Waals surface area contributed by atoms with E-state index in [1.165, 1.54) is 12.8 Å². The molecule has 6 heteroatoms. The third kappa shape index (κ3) is 2.64. The summed E-state index contributed by atoms with van der Waals surface area (Å²) in [5.41, 5.74) is 0.838. The van der Waals surface area contributed by atoms with Crippen molar-refractivity contribution in [3.63, 3.8) is 0 Å². The van der Waals surface area contributed by atoms with E-state index < -0.39 is 0 Å². The van der Waals surface area contributed by atoms with Crippen LogP contribution in [0.5, 0.6) is 0 Å². The number of hydrogen-bond acceptors (Lipinski definition) is 4. The standard InChI is InChI=1S/C12H15BrN4O/c13-9-4-5-11-15-12(16-17(11)8-9)14-7-10-3-1-2-6-18-10/h4-5,8,10H,1-3,6-7H2,(H,14,16). The molecule has 0 spiro atoms. The fourth-order valence-corrected chi connectivity index (χ4v) is 2.43. The molecule has 2 aromatic heterocycles. The monoisotopic (exact) mass is 310 g/mol. The molecule has 1 saturated heterocycles. The van der Waals surface area contributed by atoms with Gasteiger partial charge in [-0.05, 0) is 47.3 Å². The van der Waals surface area contributed by atoms with Gasteiger partial charge in [0, 0.05) is 23.8 Å². The Balaban J connectivity index is 1.67. The summed E-state index contributed by atoms with van der Waals surface area (Å²) in [6.07, 6.45) is 5.73. The van der Waals surface area contributed by atoms with Crippen LogP contribution >= 0.6 is 15.9 Å². The molecule has 1 fully saturated rings. The van der Waals surface area contributed by atoms with Crippen molar-refractivity contribution in [1.29, 1.82) is 0 Å². The fourth-order valence-electron chi connectivity index (χ4n) is 2.11. The molecule has 1 aliphatic rings. The minimum Gasteiger partial charge on any atom is -0.376 e. The van der Waals surface area contributed by atoms with E-state index in [-0.39, 0.29) is 6.10 Å². The van der Waals surface area contributed by atoms with E-state index in [9.17, 15) is 0 Å². The Morgan fingerprint density at radius 1 is 1.44 bits per heavy atom. The number of nitrogens with zero attached hydrogens (tertiary/aromatic N) is 3. The van der Waals surface area contributed by atoms with Gasteiger partial charge < -0.3 is 10.1 Å². The molecular weight excluding hydrogens is 296 g/mol. The summed E-state index contributed by atoms with van der Waals surface area (Å²) in [7, 11) is 0. The Morgan fingerprint density at radius 3 is 3.22 bits per heavy atom. The molecule has 3 rings (SSSR count). The van der Waals surface area contributed by atoms with Crippen molar-refractivity contribution in [2.75, 3.05) is 18.5 Å². The molecule has 1 N–H and O–H groups in total. The number of aromatic nitrogens is 3. The molecule has 18 heavy (non-hydrogen) atoms. The summed E-state index contributed by atoms with van der Waals surface area (Å²) in [5.74, 6) is 0.655. The average molecular weight is 311 g/mol. The van der Waals surface area contributed by atoms with Gasteiger partial charge in [0.25, 0.3) is 0 Å². The van der Waals surface area contributed by atoms with Crippen LogP contribution in [0.3, 0.4) is 0 Å². The molecule has 1 aliphatic heterocycles. The summed E-state index contributed by atoms with van der Waals surface area (Å²) < 4.78 is 8.41. The minimum atomic E-state index is 0.289. The second kappa shape index (κ2) is 5.24. The van der Waals surface area contributed by atoms with Gasteiger partial charge in [-0.1, -0.05) is 0 Å². The highest BCUT2D eigenvalue weighted by Crippen LogP contribution is 2.14. The number of rotatable bonds is 3. The molecule has 0 radical (unpaired) electrons. The molecule has 1 atom stereocenters. The molecule has 0 bridgehead atoms. The molecule has 3 heterocycles. The first kappa shape index (κ1) is 11.9. The van der Waals surface area contributed by atoms with Crippen molar-refractivity contribution in [3.8, 4) is 0 Å². The molecule has 2 aromatic rings. The van der Waals surface area contributed by atoms with E-state index in [4.69, 9.17) is 4.74 Å². The van der Waals surface area contributed by atoms with E-state index in [1.807, 2.05) is 18.3 Å². The summed E-state index contributed by atoms with van der Waals surface area (Å²) in [4.78, 5) is 4.40. The molecule has 1 unspecified atom stereocenters. The minimum absolute atomic E-state index is 0.289. The number of anilines is 1. The van der Waals surface area contributed by atoms with Crippen LogP contribution in [0.2, 0.25) is 0 Å². The quantitative estimate of drug-likeness (QED) is 0.946. The van der Waals surface area contributed by atoms with Gasteiger partial charge in [0.1, 0.15) is 0 Å². The zero-order chi connectivity index (χ0) is 12.4. The smallest absolute Gasteiger partial charge is 0.243 e. The molecular formula is C12H15BrN4O. The van der Waals surface area contributed by atoms with Crippen molar-refractivity contribution in [1.82, 2.24) is 14.6 Å². The number of ether oxygens (including phenoxy) is 1. The van der Waals surface area contributed by atoms with Crippen LogP contribution < -0.4 is 5.32 Å². The molecule has 96 valence electrons. The van der Waals surface area contributed by atoms with Gasteiger partial charge in [-0.3, -0.25) is 0 Å². The second-order valence-corrected chi connectivity index (χ2v) is 5.37. The van der Waals surface area contributed by atoms with Crippen molar-refractivity contribution >= 4 is 27.5 Å². The molecule has 0 saturated carbocycles. The predicted molar refractivity (Wildman–Crippen MR) is 72.8 cm³/mol. The average Bonchev–Trinajstić information content (AvgIpc) is 2.79. The largest absolute Gasteiger partial charge is 0.376 e. The lowest BCUT2D eigenvalue weighted by Crippen LogP contribution is -2.27. The maximum absolute atomic E-state index is 5.66. The summed E-state index contributed by atoms with van der Waals surface area (Å²) in [6, 6.07) is 3.89. The topological polar surface area (TPSA) is 51.5 Å². The first-order valence-corrected chi connectivity index (χ1v) is 6.98. The third-order valence-corrected chi connectivity index (χ3v) is 3.53. The fraction of sp³-hybridized carbons (Fsp3) is 0.500. The van der Waals surface area contributed by atoms with Crippen LogP contribution in [-0.2, 0) is 4.74 Å². The maximum Gasteiger partial charge on any atom is 0.243 e. The second-order valence-electron chi connectivity index (χ2n) is 4.45. The third-order valence-electron chi connectivity index (χ3n) is 3.06. The normalized spacial score (nSPS) is 20.2. The predicted octanol–water partition coefficient (Wildman–Crippen LogP) is 2.47. The molecule has 5 nitrogen and oxygen atoms in total. The number of pyridine rings is 1. The van der Waals surface area contributed by atoms with Crippen molar-refractivity contribution in [2.45, 2.75) is 25.4 Å². The maximum atomic E-state index is 5.66. The lowest BCUT2D eigenvalue weighted by Gasteiger charge is -2.22. The Bertz CT molecular complexity index is 536. The Labute approximate surface area is 114 Å². The summed E-state index contributed by atoms with van der Waals surface area (Å²) >= 11 is 3.41. The van der Waals surface area contributed by atoms with Crippen LogP contribution in [0.1, 0.15) is 19.3 Å². The van der Waals surface area contributed by atoms with Crippen LogP contribution in [0, 0.1) is 0 Å².